The Morgan fingerprint density at radius 3 is 2.30 bits per heavy atom. The largest absolute Gasteiger partial charge is 0.497 e. The summed E-state index contributed by atoms with van der Waals surface area (Å²) in [5.41, 5.74) is 6.02. The fourth-order valence-corrected chi connectivity index (χ4v) is 2.72. The quantitative estimate of drug-likeness (QED) is 0.408. The van der Waals surface area contributed by atoms with Gasteiger partial charge in [0, 0.05) is 36.4 Å². The first kappa shape index (κ1) is 25.1. The van der Waals surface area contributed by atoms with Crippen LogP contribution in [-0.2, 0) is 16.1 Å². The van der Waals surface area contributed by atoms with Gasteiger partial charge in [-0.1, -0.05) is 12.1 Å². The van der Waals surface area contributed by atoms with Crippen molar-refractivity contribution < 1.29 is 27.8 Å². The van der Waals surface area contributed by atoms with Crippen LogP contribution < -0.4 is 20.5 Å². The highest BCUT2D eigenvalue weighted by molar-refractivity contribution is 5.95. The number of nitrogen functional groups attached to an aromatic ring is 1. The molecule has 0 aliphatic heterocycles. The molecule has 164 valence electrons. The minimum atomic E-state index is -1.48. The second-order valence-corrected chi connectivity index (χ2v) is 6.00. The summed E-state index contributed by atoms with van der Waals surface area (Å²) >= 11 is 0. The van der Waals surface area contributed by atoms with Crippen LogP contribution in [0.3, 0.4) is 0 Å². The minimum absolute atomic E-state index is 0. The van der Waals surface area contributed by atoms with Crippen LogP contribution in [0.15, 0.2) is 30.3 Å². The van der Waals surface area contributed by atoms with Gasteiger partial charge in [-0.05, 0) is 13.0 Å². The average Bonchev–Trinajstić information content (AvgIpc) is 2.70. The number of hydrogen-bond donors (Lipinski definition) is 3. The number of amides is 1. The topological polar surface area (TPSA) is 107 Å². The van der Waals surface area contributed by atoms with Gasteiger partial charge in [0.1, 0.15) is 29.0 Å². The van der Waals surface area contributed by atoms with Crippen molar-refractivity contribution in [2.45, 2.75) is 19.6 Å². The van der Waals surface area contributed by atoms with Crippen LogP contribution in [0, 0.1) is 17.0 Å². The Morgan fingerprint density at radius 1 is 1.17 bits per heavy atom. The number of methoxy groups -OCH3 is 2. The minimum Gasteiger partial charge on any atom is -0.497 e. The normalized spacial score (nSPS) is 11.2. The summed E-state index contributed by atoms with van der Waals surface area (Å²) in [6.07, 6.45) is -1.48. The second-order valence-electron chi connectivity index (χ2n) is 6.00. The Hall–Kier alpha value is -2.91. The van der Waals surface area contributed by atoms with E-state index in [-0.39, 0.29) is 37.1 Å². The molecule has 0 bridgehead atoms. The summed E-state index contributed by atoms with van der Waals surface area (Å²) in [5, 5.41) is 10.1. The monoisotopic (exact) mass is 443 g/mol. The molecule has 0 fully saturated rings. The van der Waals surface area contributed by atoms with Gasteiger partial charge in [0.25, 0.3) is 5.91 Å². The number of ether oxygens (including phenoxy) is 3. The van der Waals surface area contributed by atoms with E-state index in [1.54, 1.807) is 25.1 Å². The third-order valence-electron chi connectivity index (χ3n) is 4.17. The van der Waals surface area contributed by atoms with Crippen LogP contribution in [0.1, 0.15) is 29.7 Å². The zero-order valence-corrected chi connectivity index (χ0v) is 17.6. The van der Waals surface area contributed by atoms with Gasteiger partial charge in [-0.25, -0.2) is 8.78 Å². The van der Waals surface area contributed by atoms with Crippen molar-refractivity contribution in [1.29, 1.82) is 5.41 Å². The lowest BCUT2D eigenvalue weighted by Gasteiger charge is -2.19. The second kappa shape index (κ2) is 11.3. The third-order valence-corrected chi connectivity index (χ3v) is 4.17. The number of carbonyl (C=O) groups is 1. The average molecular weight is 444 g/mol. The maximum absolute atomic E-state index is 14.4. The van der Waals surface area contributed by atoms with Crippen molar-refractivity contribution in [3.05, 3.63) is 58.7 Å². The van der Waals surface area contributed by atoms with E-state index in [9.17, 15) is 13.6 Å². The molecule has 0 aliphatic carbocycles. The van der Waals surface area contributed by atoms with Crippen LogP contribution >= 0.6 is 12.4 Å². The molecule has 0 saturated heterocycles. The lowest BCUT2D eigenvalue weighted by molar-refractivity contribution is -0.133. The molecule has 2 rings (SSSR count). The molecule has 0 aromatic heterocycles. The summed E-state index contributed by atoms with van der Waals surface area (Å²) in [7, 11) is 2.72. The number of nitrogens with two attached hydrogens (primary N) is 1. The zero-order valence-electron chi connectivity index (χ0n) is 16.8. The van der Waals surface area contributed by atoms with E-state index in [1.165, 1.54) is 14.2 Å². The van der Waals surface area contributed by atoms with Crippen molar-refractivity contribution >= 4 is 24.1 Å². The Bertz CT molecular complexity index is 889. The van der Waals surface area contributed by atoms with Crippen LogP contribution in [0.25, 0.3) is 0 Å². The molecule has 2 aromatic carbocycles. The van der Waals surface area contributed by atoms with Crippen LogP contribution in [0.4, 0.5) is 8.78 Å². The third kappa shape index (κ3) is 5.80. The molecule has 0 spiro atoms. The first-order valence-corrected chi connectivity index (χ1v) is 8.75. The van der Waals surface area contributed by atoms with Gasteiger partial charge in [0.05, 0.1) is 19.8 Å². The maximum atomic E-state index is 14.4. The van der Waals surface area contributed by atoms with E-state index in [4.69, 9.17) is 25.4 Å². The number of benzene rings is 2. The van der Waals surface area contributed by atoms with E-state index in [2.05, 4.69) is 5.32 Å². The molecule has 1 unspecified atom stereocenters. The SMILES string of the molecule is CCOC(C(=O)NCc1ccc(C(=N)N)cc1OC)c1c(F)cc(OC)cc1F.Cl. The predicted octanol–water partition coefficient (Wildman–Crippen LogP) is 3.08. The first-order valence-electron chi connectivity index (χ1n) is 8.75. The highest BCUT2D eigenvalue weighted by Crippen LogP contribution is 2.28. The lowest BCUT2D eigenvalue weighted by atomic mass is 10.1. The highest BCUT2D eigenvalue weighted by Gasteiger charge is 2.28. The summed E-state index contributed by atoms with van der Waals surface area (Å²) in [6.45, 7) is 1.70. The fraction of sp³-hybridized carbons (Fsp3) is 0.300. The summed E-state index contributed by atoms with van der Waals surface area (Å²) < 4.78 is 44.2. The van der Waals surface area contributed by atoms with Gasteiger partial charge < -0.3 is 25.3 Å². The van der Waals surface area contributed by atoms with Crippen LogP contribution in [0.5, 0.6) is 11.5 Å². The van der Waals surface area contributed by atoms with Crippen molar-refractivity contribution in [3.63, 3.8) is 0 Å². The molecule has 2 aromatic rings. The molecular weight excluding hydrogens is 420 g/mol. The number of halogens is 3. The maximum Gasteiger partial charge on any atom is 0.254 e. The van der Waals surface area contributed by atoms with Gasteiger partial charge in [0.15, 0.2) is 6.10 Å². The number of nitrogens with one attached hydrogen (secondary N) is 2. The molecule has 0 heterocycles. The molecule has 0 aliphatic rings. The Labute approximate surface area is 179 Å². The Kier molecular flexibility index (Phi) is 9.48. The Balaban J connectivity index is 0.00000450. The molecule has 1 atom stereocenters. The fourth-order valence-electron chi connectivity index (χ4n) is 2.72. The van der Waals surface area contributed by atoms with Crippen molar-refractivity contribution in [3.8, 4) is 11.5 Å². The van der Waals surface area contributed by atoms with E-state index >= 15 is 0 Å². The van der Waals surface area contributed by atoms with Crippen molar-refractivity contribution in [2.24, 2.45) is 5.73 Å². The molecule has 30 heavy (non-hydrogen) atoms. The molecular formula is C20H24ClF2N3O4. The smallest absolute Gasteiger partial charge is 0.254 e. The molecule has 4 N–H and O–H groups in total. The van der Waals surface area contributed by atoms with E-state index < -0.39 is 29.2 Å². The van der Waals surface area contributed by atoms with E-state index in [1.807, 2.05) is 0 Å². The van der Waals surface area contributed by atoms with Gasteiger partial charge >= 0.3 is 0 Å². The highest BCUT2D eigenvalue weighted by atomic mass is 35.5. The van der Waals surface area contributed by atoms with Crippen LogP contribution in [0.2, 0.25) is 0 Å². The van der Waals surface area contributed by atoms with Crippen molar-refractivity contribution in [2.75, 3.05) is 20.8 Å². The summed E-state index contributed by atoms with van der Waals surface area (Å²) in [5.74, 6) is -2.33. The first-order chi connectivity index (χ1) is 13.8. The molecule has 1 amide bonds. The molecule has 0 saturated carbocycles. The molecule has 7 nitrogen and oxygen atoms in total. The molecule has 10 heteroatoms. The van der Waals surface area contributed by atoms with Crippen LogP contribution in [-0.4, -0.2) is 32.6 Å². The molecule has 0 radical (unpaired) electrons. The summed E-state index contributed by atoms with van der Waals surface area (Å²) in [4.78, 5) is 12.6. The predicted molar refractivity (Wildman–Crippen MR) is 110 cm³/mol. The number of hydrogen-bond acceptors (Lipinski definition) is 5. The van der Waals surface area contributed by atoms with Gasteiger partial charge in [-0.15, -0.1) is 12.4 Å². The zero-order chi connectivity index (χ0) is 21.6. The van der Waals surface area contributed by atoms with Gasteiger partial charge in [-0.3, -0.25) is 10.2 Å². The van der Waals surface area contributed by atoms with E-state index in [0.29, 0.717) is 16.9 Å². The number of carbonyl (C=O) groups excluding carboxylic acids is 1. The number of rotatable bonds is 9. The standard InChI is InChI=1S/C20H23F2N3O4.ClH/c1-4-29-18(17-14(21)8-13(27-2)9-15(17)22)20(26)25-10-12-6-5-11(19(23)24)7-16(12)28-3;/h5-9,18H,4,10H2,1-3H3,(H3,23,24)(H,25,26);1H. The van der Waals surface area contributed by atoms with E-state index in [0.717, 1.165) is 12.1 Å². The summed E-state index contributed by atoms with van der Waals surface area (Å²) in [6, 6.07) is 6.78. The lowest BCUT2D eigenvalue weighted by Crippen LogP contribution is -2.32. The number of amidine groups is 1. The Morgan fingerprint density at radius 2 is 1.80 bits per heavy atom. The van der Waals surface area contributed by atoms with Gasteiger partial charge in [0.2, 0.25) is 0 Å². The van der Waals surface area contributed by atoms with Gasteiger partial charge in [-0.2, -0.15) is 0 Å². The van der Waals surface area contributed by atoms with Crippen molar-refractivity contribution in [1.82, 2.24) is 5.32 Å².